The Hall–Kier alpha value is -0.170. The van der Waals surface area contributed by atoms with E-state index in [-0.39, 0.29) is 5.75 Å². The Morgan fingerprint density at radius 1 is 1.28 bits per heavy atom. The van der Waals surface area contributed by atoms with E-state index in [1.54, 1.807) is 4.31 Å². The van der Waals surface area contributed by atoms with Gasteiger partial charge in [-0.2, -0.15) is 4.31 Å². The molecule has 1 heterocycles. The largest absolute Gasteiger partial charge is 0.313 e. The van der Waals surface area contributed by atoms with Gasteiger partial charge in [0.25, 0.3) is 0 Å². The Bertz CT molecular complexity index is 368. The molecule has 0 radical (unpaired) electrons. The van der Waals surface area contributed by atoms with Gasteiger partial charge >= 0.3 is 0 Å². The van der Waals surface area contributed by atoms with Crippen LogP contribution < -0.4 is 5.32 Å². The van der Waals surface area contributed by atoms with Crippen LogP contribution in [-0.2, 0) is 10.0 Å². The van der Waals surface area contributed by atoms with Crippen molar-refractivity contribution >= 4 is 10.0 Å². The Morgan fingerprint density at radius 2 is 2.00 bits per heavy atom. The zero-order valence-electron chi connectivity index (χ0n) is 11.4. The molecule has 0 aromatic carbocycles. The van der Waals surface area contributed by atoms with E-state index in [1.165, 1.54) is 12.8 Å². The van der Waals surface area contributed by atoms with E-state index < -0.39 is 10.0 Å². The second-order valence-corrected chi connectivity index (χ2v) is 7.53. The number of nitrogens with one attached hydrogen (secondary N) is 1. The minimum atomic E-state index is -3.07. The van der Waals surface area contributed by atoms with Gasteiger partial charge in [0.15, 0.2) is 0 Å². The maximum atomic E-state index is 12.2. The molecule has 106 valence electrons. The minimum absolute atomic E-state index is 0.240. The average molecular weight is 275 g/mol. The first kappa shape index (κ1) is 14.2. The zero-order valence-corrected chi connectivity index (χ0v) is 12.2. The fourth-order valence-electron chi connectivity index (χ4n) is 2.42. The summed E-state index contributed by atoms with van der Waals surface area (Å²) in [5.74, 6) is 0.240. The minimum Gasteiger partial charge on any atom is -0.313 e. The molecular formula is C12H25N3O2S. The third kappa shape index (κ3) is 3.66. The molecule has 2 rings (SSSR count). The summed E-state index contributed by atoms with van der Waals surface area (Å²) in [5.41, 5.74) is 0. The lowest BCUT2D eigenvalue weighted by molar-refractivity contribution is 0.144. The van der Waals surface area contributed by atoms with Gasteiger partial charge in [0.1, 0.15) is 0 Å². The van der Waals surface area contributed by atoms with Gasteiger partial charge in [-0.05, 0) is 26.3 Å². The number of piperazine rings is 1. The quantitative estimate of drug-likeness (QED) is 0.747. The van der Waals surface area contributed by atoms with Gasteiger partial charge in [0.2, 0.25) is 10.0 Å². The van der Waals surface area contributed by atoms with Crippen molar-refractivity contribution in [3.05, 3.63) is 0 Å². The van der Waals surface area contributed by atoms with Crippen molar-refractivity contribution in [3.63, 3.8) is 0 Å². The Kier molecular flexibility index (Phi) is 4.64. The summed E-state index contributed by atoms with van der Waals surface area (Å²) in [4.78, 5) is 2.26. The molecule has 2 fully saturated rings. The lowest BCUT2D eigenvalue weighted by Crippen LogP contribution is -2.53. The smallest absolute Gasteiger partial charge is 0.215 e. The van der Waals surface area contributed by atoms with Gasteiger partial charge in [-0.1, -0.05) is 6.92 Å². The van der Waals surface area contributed by atoms with Crippen LogP contribution in [0.4, 0.5) is 0 Å². The summed E-state index contributed by atoms with van der Waals surface area (Å²) in [5, 5.41) is 3.27. The SMILES string of the molecule is CCC1CN(S(=O)(=O)CCNC2CC2)CCN1C. The normalized spacial score (nSPS) is 27.6. The molecule has 5 nitrogen and oxygen atoms in total. The Labute approximate surface area is 111 Å². The third-order valence-corrected chi connectivity index (χ3v) is 5.81. The van der Waals surface area contributed by atoms with Crippen LogP contribution in [0.3, 0.4) is 0 Å². The van der Waals surface area contributed by atoms with E-state index in [0.717, 1.165) is 13.0 Å². The number of hydrogen-bond donors (Lipinski definition) is 1. The fourth-order valence-corrected chi connectivity index (χ4v) is 3.81. The Morgan fingerprint density at radius 3 is 2.61 bits per heavy atom. The Balaban J connectivity index is 1.84. The molecule has 18 heavy (non-hydrogen) atoms. The highest BCUT2D eigenvalue weighted by atomic mass is 32.2. The van der Waals surface area contributed by atoms with Gasteiger partial charge in [-0.3, -0.25) is 0 Å². The van der Waals surface area contributed by atoms with E-state index in [0.29, 0.717) is 31.7 Å². The van der Waals surface area contributed by atoms with E-state index in [9.17, 15) is 8.42 Å². The summed E-state index contributed by atoms with van der Waals surface area (Å²) < 4.78 is 26.1. The molecule has 0 aromatic heterocycles. The van der Waals surface area contributed by atoms with Crippen molar-refractivity contribution in [2.75, 3.05) is 39.0 Å². The monoisotopic (exact) mass is 275 g/mol. The lowest BCUT2D eigenvalue weighted by Gasteiger charge is -2.38. The molecule has 1 atom stereocenters. The van der Waals surface area contributed by atoms with Crippen molar-refractivity contribution in [2.45, 2.75) is 38.3 Å². The molecule has 1 aliphatic carbocycles. The lowest BCUT2D eigenvalue weighted by atomic mass is 10.1. The van der Waals surface area contributed by atoms with E-state index in [1.807, 2.05) is 0 Å². The van der Waals surface area contributed by atoms with Crippen molar-refractivity contribution in [2.24, 2.45) is 0 Å². The van der Waals surface area contributed by atoms with Crippen LogP contribution in [0.15, 0.2) is 0 Å². The number of sulfonamides is 1. The van der Waals surface area contributed by atoms with Crippen LogP contribution in [0, 0.1) is 0 Å². The van der Waals surface area contributed by atoms with Crippen LogP contribution in [0.25, 0.3) is 0 Å². The third-order valence-electron chi connectivity index (χ3n) is 3.97. The second-order valence-electron chi connectivity index (χ2n) is 5.45. The topological polar surface area (TPSA) is 52.7 Å². The van der Waals surface area contributed by atoms with Gasteiger partial charge < -0.3 is 10.2 Å². The number of likely N-dealkylation sites (N-methyl/N-ethyl adjacent to an activating group) is 1. The summed E-state index contributed by atoms with van der Waals surface area (Å²) in [7, 11) is -0.997. The first-order valence-electron chi connectivity index (χ1n) is 6.94. The molecule has 6 heteroatoms. The first-order chi connectivity index (χ1) is 8.53. The fraction of sp³-hybridized carbons (Fsp3) is 1.00. The molecule has 1 saturated heterocycles. The van der Waals surface area contributed by atoms with Crippen LogP contribution in [-0.4, -0.2) is 68.7 Å². The van der Waals surface area contributed by atoms with Crippen LogP contribution in [0.5, 0.6) is 0 Å². The molecule has 1 unspecified atom stereocenters. The van der Waals surface area contributed by atoms with Crippen LogP contribution >= 0.6 is 0 Å². The van der Waals surface area contributed by atoms with Crippen molar-refractivity contribution < 1.29 is 8.42 Å². The predicted octanol–water partition coefficient (Wildman–Crippen LogP) is 0.0942. The van der Waals surface area contributed by atoms with Gasteiger partial charge in [-0.25, -0.2) is 8.42 Å². The molecule has 1 aliphatic heterocycles. The average Bonchev–Trinajstić information content (AvgIpc) is 3.13. The highest BCUT2D eigenvalue weighted by molar-refractivity contribution is 7.89. The highest BCUT2D eigenvalue weighted by Crippen LogP contribution is 2.18. The summed E-state index contributed by atoms with van der Waals surface area (Å²) in [6, 6.07) is 0.945. The molecule has 1 saturated carbocycles. The van der Waals surface area contributed by atoms with E-state index >= 15 is 0 Å². The van der Waals surface area contributed by atoms with Crippen LogP contribution in [0.1, 0.15) is 26.2 Å². The van der Waals surface area contributed by atoms with E-state index in [2.05, 4.69) is 24.2 Å². The van der Waals surface area contributed by atoms with E-state index in [4.69, 9.17) is 0 Å². The number of hydrogen-bond acceptors (Lipinski definition) is 4. The predicted molar refractivity (Wildman–Crippen MR) is 73.1 cm³/mol. The molecule has 1 N–H and O–H groups in total. The van der Waals surface area contributed by atoms with Gasteiger partial charge in [0.05, 0.1) is 5.75 Å². The second kappa shape index (κ2) is 5.86. The zero-order chi connectivity index (χ0) is 13.2. The van der Waals surface area contributed by atoms with Crippen molar-refractivity contribution in [1.82, 2.24) is 14.5 Å². The first-order valence-corrected chi connectivity index (χ1v) is 8.55. The van der Waals surface area contributed by atoms with Gasteiger partial charge in [-0.15, -0.1) is 0 Å². The maximum Gasteiger partial charge on any atom is 0.215 e. The van der Waals surface area contributed by atoms with Crippen molar-refractivity contribution in [1.29, 1.82) is 0 Å². The molecule has 0 amide bonds. The van der Waals surface area contributed by atoms with Crippen LogP contribution in [0.2, 0.25) is 0 Å². The summed E-state index contributed by atoms with van der Waals surface area (Å²) in [6.07, 6.45) is 3.40. The highest BCUT2D eigenvalue weighted by Gasteiger charge is 2.30. The molecule has 0 bridgehead atoms. The summed E-state index contributed by atoms with van der Waals surface area (Å²) >= 11 is 0. The molecule has 0 aromatic rings. The molecule has 0 spiro atoms. The maximum absolute atomic E-state index is 12.2. The number of nitrogens with zero attached hydrogens (tertiary/aromatic N) is 2. The van der Waals surface area contributed by atoms with Crippen molar-refractivity contribution in [3.8, 4) is 0 Å². The standard InChI is InChI=1S/C12H25N3O2S/c1-3-12-10-15(8-7-14(12)2)18(16,17)9-6-13-11-4-5-11/h11-13H,3-10H2,1-2H3. The molecular weight excluding hydrogens is 250 g/mol. The molecule has 2 aliphatic rings. The number of rotatable bonds is 6. The van der Waals surface area contributed by atoms with Gasteiger partial charge in [0, 0.05) is 38.3 Å². The summed E-state index contributed by atoms with van der Waals surface area (Å²) in [6.45, 7) is 4.84.